The molecule has 1 aliphatic rings. The average Bonchev–Trinajstić information content (AvgIpc) is 3.37. The summed E-state index contributed by atoms with van der Waals surface area (Å²) in [7, 11) is 1.94. The van der Waals surface area contributed by atoms with Gasteiger partial charge in [-0.15, -0.1) is 12.4 Å². The first-order valence-electron chi connectivity index (χ1n) is 9.93. The molecule has 2 N–H and O–H groups in total. The molecule has 158 valence electrons. The fourth-order valence-electron chi connectivity index (χ4n) is 3.79. The minimum absolute atomic E-state index is 0. The van der Waals surface area contributed by atoms with Gasteiger partial charge >= 0.3 is 0 Å². The van der Waals surface area contributed by atoms with Gasteiger partial charge in [-0.25, -0.2) is 0 Å². The van der Waals surface area contributed by atoms with Crippen molar-refractivity contribution in [2.24, 2.45) is 5.92 Å². The van der Waals surface area contributed by atoms with Crippen molar-refractivity contribution in [3.05, 3.63) is 65.9 Å². The number of anilines is 1. The molecular formula is C23H26ClN3O3. The highest BCUT2D eigenvalue weighted by Gasteiger charge is 2.25. The number of carbonyl (C=O) groups is 2. The maximum Gasteiger partial charge on any atom is 0.291 e. The molecule has 1 aliphatic heterocycles. The second-order valence-electron chi connectivity index (χ2n) is 7.53. The zero-order chi connectivity index (χ0) is 20.2. The van der Waals surface area contributed by atoms with Crippen molar-refractivity contribution in [3.63, 3.8) is 0 Å². The minimum atomic E-state index is -0.294. The smallest absolute Gasteiger partial charge is 0.291 e. The highest BCUT2D eigenvalue weighted by Crippen LogP contribution is 2.21. The van der Waals surface area contributed by atoms with Crippen LogP contribution in [0.2, 0.25) is 0 Å². The quantitative estimate of drug-likeness (QED) is 0.628. The number of hydrogen-bond donors (Lipinski definition) is 2. The Bertz CT molecular complexity index is 983. The van der Waals surface area contributed by atoms with Crippen LogP contribution in [0.4, 0.5) is 5.69 Å². The van der Waals surface area contributed by atoms with Crippen molar-refractivity contribution in [2.75, 3.05) is 32.0 Å². The third-order valence-electron chi connectivity index (χ3n) is 5.35. The molecule has 1 unspecified atom stereocenters. The number of amides is 2. The molecular weight excluding hydrogens is 402 g/mol. The van der Waals surface area contributed by atoms with Crippen LogP contribution >= 0.6 is 12.4 Å². The highest BCUT2D eigenvalue weighted by molar-refractivity contribution is 6.04. The van der Waals surface area contributed by atoms with Gasteiger partial charge in [0.25, 0.3) is 5.91 Å². The minimum Gasteiger partial charge on any atom is -0.451 e. The Kier molecular flexibility index (Phi) is 7.13. The van der Waals surface area contributed by atoms with E-state index in [4.69, 9.17) is 4.42 Å². The van der Waals surface area contributed by atoms with Crippen LogP contribution in [-0.2, 0) is 11.2 Å². The Morgan fingerprint density at radius 1 is 1.13 bits per heavy atom. The van der Waals surface area contributed by atoms with Crippen LogP contribution in [0.1, 0.15) is 22.5 Å². The maximum atomic E-state index is 12.5. The van der Waals surface area contributed by atoms with Gasteiger partial charge in [-0.3, -0.25) is 9.59 Å². The molecule has 0 radical (unpaired) electrons. The predicted octanol–water partition coefficient (Wildman–Crippen LogP) is 3.72. The van der Waals surface area contributed by atoms with Gasteiger partial charge in [0.15, 0.2) is 5.76 Å². The van der Waals surface area contributed by atoms with Gasteiger partial charge in [-0.2, -0.15) is 0 Å². The van der Waals surface area contributed by atoms with E-state index in [0.717, 1.165) is 37.0 Å². The van der Waals surface area contributed by atoms with Crippen molar-refractivity contribution < 1.29 is 14.0 Å². The Hall–Kier alpha value is -2.83. The van der Waals surface area contributed by atoms with Gasteiger partial charge in [0.2, 0.25) is 5.91 Å². The number of para-hydroxylation sites is 1. The Morgan fingerprint density at radius 3 is 2.63 bits per heavy atom. The highest BCUT2D eigenvalue weighted by atomic mass is 35.5. The number of likely N-dealkylation sites (tertiary alicyclic amines) is 1. The van der Waals surface area contributed by atoms with Gasteiger partial charge in [-0.1, -0.05) is 30.3 Å². The van der Waals surface area contributed by atoms with Crippen LogP contribution in [0.15, 0.2) is 59.0 Å². The normalized spacial score (nSPS) is 15.8. The lowest BCUT2D eigenvalue weighted by Crippen LogP contribution is -2.31. The van der Waals surface area contributed by atoms with Crippen LogP contribution in [0.3, 0.4) is 0 Å². The van der Waals surface area contributed by atoms with E-state index in [-0.39, 0.29) is 30.0 Å². The first-order valence-corrected chi connectivity index (χ1v) is 9.93. The molecule has 1 saturated heterocycles. The summed E-state index contributed by atoms with van der Waals surface area (Å²) >= 11 is 0. The summed E-state index contributed by atoms with van der Waals surface area (Å²) in [5.41, 5.74) is 2.29. The lowest BCUT2D eigenvalue weighted by molar-refractivity contribution is -0.129. The van der Waals surface area contributed by atoms with E-state index in [2.05, 4.69) is 10.6 Å². The Morgan fingerprint density at radius 2 is 1.90 bits per heavy atom. The van der Waals surface area contributed by atoms with Gasteiger partial charge in [0.1, 0.15) is 5.58 Å². The first-order chi connectivity index (χ1) is 14.1. The van der Waals surface area contributed by atoms with Crippen molar-refractivity contribution in [1.82, 2.24) is 10.2 Å². The summed E-state index contributed by atoms with van der Waals surface area (Å²) in [4.78, 5) is 26.9. The van der Waals surface area contributed by atoms with E-state index in [0.29, 0.717) is 23.6 Å². The van der Waals surface area contributed by atoms with Crippen LogP contribution in [-0.4, -0.2) is 43.4 Å². The van der Waals surface area contributed by atoms with E-state index in [1.165, 1.54) is 0 Å². The van der Waals surface area contributed by atoms with Gasteiger partial charge in [0, 0.05) is 24.2 Å². The zero-order valence-electron chi connectivity index (χ0n) is 16.9. The van der Waals surface area contributed by atoms with Crippen molar-refractivity contribution >= 4 is 40.9 Å². The fourth-order valence-corrected chi connectivity index (χ4v) is 3.79. The van der Waals surface area contributed by atoms with E-state index in [9.17, 15) is 9.59 Å². The number of nitrogens with zero attached hydrogens (tertiary/aromatic N) is 1. The molecule has 2 aromatic carbocycles. The Labute approximate surface area is 182 Å². The molecule has 1 atom stereocenters. The number of rotatable bonds is 6. The van der Waals surface area contributed by atoms with Crippen molar-refractivity contribution in [3.8, 4) is 0 Å². The topological polar surface area (TPSA) is 74.6 Å². The lowest BCUT2D eigenvalue weighted by Gasteiger charge is -2.16. The maximum absolute atomic E-state index is 12.5. The van der Waals surface area contributed by atoms with Gasteiger partial charge in [0.05, 0.1) is 6.42 Å². The molecule has 2 heterocycles. The number of fused-ring (bicyclic) bond motifs is 1. The molecule has 0 bridgehead atoms. The molecule has 2 amide bonds. The average molecular weight is 428 g/mol. The molecule has 0 saturated carbocycles. The second kappa shape index (κ2) is 9.78. The SMILES string of the molecule is CNCC1CCN(C(=O)Cc2ccc(NC(=O)c3cc4ccccc4o3)cc2)C1.Cl. The van der Waals surface area contributed by atoms with Crippen molar-refractivity contribution in [1.29, 1.82) is 0 Å². The number of furan rings is 1. The van der Waals surface area contributed by atoms with Crippen LogP contribution in [0, 0.1) is 5.92 Å². The molecule has 0 aliphatic carbocycles. The zero-order valence-corrected chi connectivity index (χ0v) is 17.7. The summed E-state index contributed by atoms with van der Waals surface area (Å²) in [5.74, 6) is 0.677. The van der Waals surface area contributed by atoms with E-state index in [1.54, 1.807) is 6.07 Å². The number of nitrogens with one attached hydrogen (secondary N) is 2. The van der Waals surface area contributed by atoms with E-state index in [1.807, 2.05) is 60.5 Å². The van der Waals surface area contributed by atoms with E-state index >= 15 is 0 Å². The standard InChI is InChI=1S/C23H25N3O3.ClH/c1-24-14-17-10-11-26(15-17)22(27)12-16-6-8-19(9-7-16)25-23(28)21-13-18-4-2-3-5-20(18)29-21;/h2-9,13,17,24H,10-12,14-15H2,1H3,(H,25,28);1H. The number of hydrogen-bond acceptors (Lipinski definition) is 4. The number of benzene rings is 2. The fraction of sp³-hybridized carbons (Fsp3) is 0.304. The summed E-state index contributed by atoms with van der Waals surface area (Å²) in [6.07, 6.45) is 1.43. The van der Waals surface area contributed by atoms with Crippen LogP contribution < -0.4 is 10.6 Å². The third kappa shape index (κ3) is 5.01. The number of halogens is 1. The number of carbonyl (C=O) groups excluding carboxylic acids is 2. The van der Waals surface area contributed by atoms with Gasteiger partial charge < -0.3 is 20.0 Å². The van der Waals surface area contributed by atoms with Crippen LogP contribution in [0.25, 0.3) is 11.0 Å². The Balaban J connectivity index is 0.00000256. The molecule has 6 nitrogen and oxygen atoms in total. The van der Waals surface area contributed by atoms with Gasteiger partial charge in [-0.05, 0) is 55.8 Å². The molecule has 0 spiro atoms. The molecule has 3 aromatic rings. The second-order valence-corrected chi connectivity index (χ2v) is 7.53. The van der Waals surface area contributed by atoms with Crippen molar-refractivity contribution in [2.45, 2.75) is 12.8 Å². The van der Waals surface area contributed by atoms with E-state index < -0.39 is 0 Å². The molecule has 1 fully saturated rings. The molecule has 1 aromatic heterocycles. The summed E-state index contributed by atoms with van der Waals surface area (Å²) in [6, 6.07) is 16.6. The molecule has 7 heteroatoms. The van der Waals surface area contributed by atoms with Crippen LogP contribution in [0.5, 0.6) is 0 Å². The molecule has 4 rings (SSSR count). The largest absolute Gasteiger partial charge is 0.451 e. The summed E-state index contributed by atoms with van der Waals surface area (Å²) < 4.78 is 5.59. The summed E-state index contributed by atoms with van der Waals surface area (Å²) in [6.45, 7) is 2.60. The summed E-state index contributed by atoms with van der Waals surface area (Å²) in [5, 5.41) is 6.91. The molecule has 30 heavy (non-hydrogen) atoms. The first kappa shape index (κ1) is 21.9. The third-order valence-corrected chi connectivity index (χ3v) is 5.35. The predicted molar refractivity (Wildman–Crippen MR) is 120 cm³/mol. The monoisotopic (exact) mass is 427 g/mol. The lowest BCUT2D eigenvalue weighted by atomic mass is 10.1.